The standard InChI is InChI=1S/C18H23N3O5S/c1-4-20-8-5-9-21-12-14(11-16(21)18(20)22)27(23,24)19-15-10-13(25-2)6-7-17(15)26-3/h6-7,10-12,19H,4-5,8-9H2,1-3H3. The molecule has 0 radical (unpaired) electrons. The van der Waals surface area contributed by atoms with Crippen molar-refractivity contribution >= 4 is 21.6 Å². The average molecular weight is 393 g/mol. The number of hydrogen-bond donors (Lipinski definition) is 1. The molecule has 0 spiro atoms. The van der Waals surface area contributed by atoms with E-state index in [2.05, 4.69) is 4.72 Å². The third-order valence-corrected chi connectivity index (χ3v) is 5.88. The highest BCUT2D eigenvalue weighted by Gasteiger charge is 2.27. The monoisotopic (exact) mass is 393 g/mol. The van der Waals surface area contributed by atoms with E-state index in [0.29, 0.717) is 36.8 Å². The number of carbonyl (C=O) groups is 1. The fourth-order valence-corrected chi connectivity index (χ4v) is 4.19. The van der Waals surface area contributed by atoms with Crippen LogP contribution in [0.4, 0.5) is 5.69 Å². The van der Waals surface area contributed by atoms with E-state index in [-0.39, 0.29) is 16.5 Å². The van der Waals surface area contributed by atoms with Crippen LogP contribution in [0.25, 0.3) is 0 Å². The Labute approximate surface area is 158 Å². The number of aryl methyl sites for hydroxylation is 1. The van der Waals surface area contributed by atoms with Crippen molar-refractivity contribution in [2.24, 2.45) is 0 Å². The van der Waals surface area contributed by atoms with Gasteiger partial charge in [0.1, 0.15) is 22.1 Å². The van der Waals surface area contributed by atoms with Crippen LogP contribution < -0.4 is 14.2 Å². The lowest BCUT2D eigenvalue weighted by Gasteiger charge is -2.17. The van der Waals surface area contributed by atoms with E-state index >= 15 is 0 Å². The molecular formula is C18H23N3O5S. The molecule has 0 aliphatic carbocycles. The summed E-state index contributed by atoms with van der Waals surface area (Å²) in [6.45, 7) is 3.75. The third-order valence-electron chi connectivity index (χ3n) is 4.55. The van der Waals surface area contributed by atoms with Crippen LogP contribution in [-0.4, -0.2) is 51.1 Å². The molecule has 3 rings (SSSR count). The minimum atomic E-state index is -3.90. The molecule has 0 atom stereocenters. The number of methoxy groups -OCH3 is 2. The number of sulfonamides is 1. The Hall–Kier alpha value is -2.68. The van der Waals surface area contributed by atoms with Gasteiger partial charge in [-0.25, -0.2) is 8.42 Å². The number of carbonyl (C=O) groups excluding carboxylic acids is 1. The van der Waals surface area contributed by atoms with E-state index in [4.69, 9.17) is 9.47 Å². The second kappa shape index (κ2) is 7.51. The average Bonchev–Trinajstić information content (AvgIpc) is 3.03. The molecule has 1 amide bonds. The van der Waals surface area contributed by atoms with Crippen molar-refractivity contribution in [2.75, 3.05) is 32.0 Å². The fourth-order valence-electron chi connectivity index (χ4n) is 3.09. The topological polar surface area (TPSA) is 89.9 Å². The number of aromatic nitrogens is 1. The van der Waals surface area contributed by atoms with Crippen LogP contribution in [0.2, 0.25) is 0 Å². The number of nitrogens with zero attached hydrogens (tertiary/aromatic N) is 2. The van der Waals surface area contributed by atoms with E-state index in [1.165, 1.54) is 26.5 Å². The maximum Gasteiger partial charge on any atom is 0.270 e. The summed E-state index contributed by atoms with van der Waals surface area (Å²) in [6, 6.07) is 6.26. The normalized spacial score (nSPS) is 14.5. The SMILES string of the molecule is CCN1CCCn2cc(S(=O)(=O)Nc3cc(OC)ccc3OC)cc2C1=O. The lowest BCUT2D eigenvalue weighted by Crippen LogP contribution is -2.30. The van der Waals surface area contributed by atoms with Crippen molar-refractivity contribution in [2.45, 2.75) is 24.8 Å². The first-order chi connectivity index (χ1) is 12.9. The van der Waals surface area contributed by atoms with Crippen LogP contribution >= 0.6 is 0 Å². The zero-order chi connectivity index (χ0) is 19.6. The molecule has 8 nitrogen and oxygen atoms in total. The van der Waals surface area contributed by atoms with Crippen LogP contribution in [0.3, 0.4) is 0 Å². The van der Waals surface area contributed by atoms with Crippen LogP contribution in [0.5, 0.6) is 11.5 Å². The molecule has 0 fully saturated rings. The fraction of sp³-hybridized carbons (Fsp3) is 0.389. The van der Waals surface area contributed by atoms with E-state index < -0.39 is 10.0 Å². The molecule has 1 aromatic heterocycles. The molecule has 1 aromatic carbocycles. The molecule has 146 valence electrons. The summed E-state index contributed by atoms with van der Waals surface area (Å²) in [5.41, 5.74) is 0.645. The number of hydrogen-bond acceptors (Lipinski definition) is 5. The number of benzene rings is 1. The molecule has 2 heterocycles. The molecular weight excluding hydrogens is 370 g/mol. The second-order valence-electron chi connectivity index (χ2n) is 6.16. The van der Waals surface area contributed by atoms with Gasteiger partial charge >= 0.3 is 0 Å². The van der Waals surface area contributed by atoms with E-state index in [1.54, 1.807) is 27.7 Å². The van der Waals surface area contributed by atoms with Gasteiger partial charge in [0, 0.05) is 31.9 Å². The highest BCUT2D eigenvalue weighted by molar-refractivity contribution is 7.92. The Kier molecular flexibility index (Phi) is 5.31. The number of ether oxygens (including phenoxy) is 2. The van der Waals surface area contributed by atoms with Gasteiger partial charge in [-0.15, -0.1) is 0 Å². The van der Waals surface area contributed by atoms with Crippen LogP contribution in [0.15, 0.2) is 35.4 Å². The van der Waals surface area contributed by atoms with Crippen molar-refractivity contribution in [3.8, 4) is 11.5 Å². The molecule has 0 saturated heterocycles. The van der Waals surface area contributed by atoms with Crippen LogP contribution in [0, 0.1) is 0 Å². The Morgan fingerprint density at radius 3 is 2.59 bits per heavy atom. The molecule has 1 aliphatic heterocycles. The lowest BCUT2D eigenvalue weighted by molar-refractivity contribution is 0.0766. The minimum absolute atomic E-state index is 0.0358. The predicted octanol–water partition coefficient (Wildman–Crippen LogP) is 2.17. The van der Waals surface area contributed by atoms with Crippen molar-refractivity contribution in [3.05, 3.63) is 36.2 Å². The number of anilines is 1. The summed E-state index contributed by atoms with van der Waals surface area (Å²) >= 11 is 0. The van der Waals surface area contributed by atoms with Gasteiger partial charge in [0.15, 0.2) is 0 Å². The number of fused-ring (bicyclic) bond motifs is 1. The summed E-state index contributed by atoms with van der Waals surface area (Å²) < 4.78 is 40.4. The maximum absolute atomic E-state index is 12.9. The largest absolute Gasteiger partial charge is 0.497 e. The van der Waals surface area contributed by atoms with Gasteiger partial charge in [0.2, 0.25) is 0 Å². The molecule has 0 unspecified atom stereocenters. The van der Waals surface area contributed by atoms with Gasteiger partial charge < -0.3 is 18.9 Å². The zero-order valence-corrected chi connectivity index (χ0v) is 16.4. The number of nitrogens with one attached hydrogen (secondary N) is 1. The van der Waals surface area contributed by atoms with Crippen molar-refractivity contribution in [1.82, 2.24) is 9.47 Å². The molecule has 1 N–H and O–H groups in total. The van der Waals surface area contributed by atoms with Gasteiger partial charge in [0.25, 0.3) is 15.9 Å². The quantitative estimate of drug-likeness (QED) is 0.812. The van der Waals surface area contributed by atoms with Crippen molar-refractivity contribution in [3.63, 3.8) is 0 Å². The van der Waals surface area contributed by atoms with Gasteiger partial charge in [-0.1, -0.05) is 0 Å². The zero-order valence-electron chi connectivity index (χ0n) is 15.6. The summed E-state index contributed by atoms with van der Waals surface area (Å²) in [7, 11) is -0.949. The first kappa shape index (κ1) is 19.1. The molecule has 2 aromatic rings. The highest BCUT2D eigenvalue weighted by atomic mass is 32.2. The third kappa shape index (κ3) is 3.73. The van der Waals surface area contributed by atoms with E-state index in [9.17, 15) is 13.2 Å². The van der Waals surface area contributed by atoms with Crippen LogP contribution in [-0.2, 0) is 16.6 Å². The summed E-state index contributed by atoms with van der Waals surface area (Å²) in [6.07, 6.45) is 2.28. The Balaban J connectivity index is 1.95. The molecule has 0 saturated carbocycles. The molecule has 9 heteroatoms. The summed E-state index contributed by atoms with van der Waals surface area (Å²) in [4.78, 5) is 14.4. The van der Waals surface area contributed by atoms with Gasteiger partial charge in [0.05, 0.1) is 19.9 Å². The molecule has 27 heavy (non-hydrogen) atoms. The smallest absolute Gasteiger partial charge is 0.270 e. The van der Waals surface area contributed by atoms with Crippen LogP contribution in [0.1, 0.15) is 23.8 Å². The minimum Gasteiger partial charge on any atom is -0.497 e. The number of amides is 1. The Morgan fingerprint density at radius 2 is 1.93 bits per heavy atom. The summed E-state index contributed by atoms with van der Waals surface area (Å²) in [5.74, 6) is 0.707. The number of rotatable bonds is 6. The first-order valence-electron chi connectivity index (χ1n) is 8.64. The second-order valence-corrected chi connectivity index (χ2v) is 7.85. The van der Waals surface area contributed by atoms with E-state index in [0.717, 1.165) is 6.42 Å². The van der Waals surface area contributed by atoms with Crippen molar-refractivity contribution in [1.29, 1.82) is 0 Å². The Morgan fingerprint density at radius 1 is 1.15 bits per heavy atom. The summed E-state index contributed by atoms with van der Waals surface area (Å²) in [5, 5.41) is 0. The highest BCUT2D eigenvalue weighted by Crippen LogP contribution is 2.31. The Bertz CT molecular complexity index is 952. The first-order valence-corrected chi connectivity index (χ1v) is 10.1. The van der Waals surface area contributed by atoms with Crippen molar-refractivity contribution < 1.29 is 22.7 Å². The van der Waals surface area contributed by atoms with E-state index in [1.807, 2.05) is 6.92 Å². The molecule has 1 aliphatic rings. The lowest BCUT2D eigenvalue weighted by atomic mass is 10.3. The predicted molar refractivity (Wildman–Crippen MR) is 101 cm³/mol. The molecule has 0 bridgehead atoms. The maximum atomic E-state index is 12.9. The van der Waals surface area contributed by atoms with Gasteiger partial charge in [-0.05, 0) is 31.5 Å². The van der Waals surface area contributed by atoms with Gasteiger partial charge in [-0.2, -0.15) is 0 Å². The van der Waals surface area contributed by atoms with Gasteiger partial charge in [-0.3, -0.25) is 9.52 Å².